The van der Waals surface area contributed by atoms with Crippen molar-refractivity contribution < 1.29 is 18.4 Å². The van der Waals surface area contributed by atoms with E-state index in [9.17, 15) is 9.18 Å². The van der Waals surface area contributed by atoms with Crippen LogP contribution in [0.15, 0.2) is 47.0 Å². The number of ether oxygens (including phenoxy) is 1. The van der Waals surface area contributed by atoms with Crippen LogP contribution < -0.4 is 10.1 Å². The van der Waals surface area contributed by atoms with Crippen molar-refractivity contribution in [3.8, 4) is 28.5 Å². The van der Waals surface area contributed by atoms with E-state index < -0.39 is 5.82 Å². The van der Waals surface area contributed by atoms with Gasteiger partial charge in [0.25, 0.3) is 0 Å². The molecule has 4 aromatic rings. The van der Waals surface area contributed by atoms with E-state index in [-0.39, 0.29) is 24.4 Å². The molecule has 2 aromatic heterocycles. The van der Waals surface area contributed by atoms with Gasteiger partial charge >= 0.3 is 0 Å². The molecule has 180 valence electrons. The summed E-state index contributed by atoms with van der Waals surface area (Å²) in [5, 5.41) is 15.2. The first kappa shape index (κ1) is 22.7. The lowest BCUT2D eigenvalue weighted by molar-refractivity contribution is -0.116. The predicted molar refractivity (Wildman–Crippen MR) is 126 cm³/mol. The number of nitrogens with zero attached hydrogens (tertiary/aromatic N) is 5. The van der Waals surface area contributed by atoms with Gasteiger partial charge in [-0.25, -0.2) is 4.39 Å². The van der Waals surface area contributed by atoms with Crippen LogP contribution in [0.4, 0.5) is 10.1 Å². The molecule has 0 aliphatic carbocycles. The summed E-state index contributed by atoms with van der Waals surface area (Å²) in [4.78, 5) is 16.9. The fourth-order valence-corrected chi connectivity index (χ4v) is 4.11. The lowest BCUT2D eigenvalue weighted by Crippen LogP contribution is -2.14. The molecule has 0 saturated heterocycles. The predicted octanol–water partition coefficient (Wildman–Crippen LogP) is 4.44. The monoisotopic (exact) mass is 476 g/mol. The second-order valence-corrected chi connectivity index (χ2v) is 8.39. The van der Waals surface area contributed by atoms with Crippen LogP contribution in [0.25, 0.3) is 22.8 Å². The zero-order chi connectivity index (χ0) is 24.2. The Hall–Kier alpha value is -4.08. The second kappa shape index (κ2) is 10.0. The van der Waals surface area contributed by atoms with Crippen LogP contribution in [-0.4, -0.2) is 37.9 Å². The first-order valence-corrected chi connectivity index (χ1v) is 11.6. The Bertz CT molecular complexity index is 1330. The Morgan fingerprint density at radius 3 is 2.77 bits per heavy atom. The van der Waals surface area contributed by atoms with Crippen molar-refractivity contribution >= 4 is 11.6 Å². The van der Waals surface area contributed by atoms with Gasteiger partial charge in [-0.3, -0.25) is 4.79 Å². The van der Waals surface area contributed by atoms with Gasteiger partial charge in [-0.15, -0.1) is 10.2 Å². The molecule has 3 heterocycles. The minimum Gasteiger partial charge on any atom is -0.497 e. The first-order chi connectivity index (χ1) is 17.1. The normalized spacial score (nSPS) is 13.2. The second-order valence-electron chi connectivity index (χ2n) is 8.39. The van der Waals surface area contributed by atoms with Gasteiger partial charge in [0.2, 0.25) is 17.6 Å². The van der Waals surface area contributed by atoms with Crippen molar-refractivity contribution in [3.63, 3.8) is 0 Å². The lowest BCUT2D eigenvalue weighted by Gasteiger charge is -2.10. The third-order valence-corrected chi connectivity index (χ3v) is 5.99. The molecule has 0 radical (unpaired) electrons. The van der Waals surface area contributed by atoms with Crippen LogP contribution in [0.5, 0.6) is 5.75 Å². The molecule has 1 aliphatic heterocycles. The average molecular weight is 477 g/mol. The molecule has 1 aliphatic rings. The lowest BCUT2D eigenvalue weighted by atomic mass is 10.1. The molecule has 9 nitrogen and oxygen atoms in total. The third-order valence-electron chi connectivity index (χ3n) is 5.99. The van der Waals surface area contributed by atoms with Crippen molar-refractivity contribution in [2.45, 2.75) is 45.1 Å². The molecule has 35 heavy (non-hydrogen) atoms. The Morgan fingerprint density at radius 1 is 1.11 bits per heavy atom. The summed E-state index contributed by atoms with van der Waals surface area (Å²) < 4.78 is 27.0. The van der Waals surface area contributed by atoms with Crippen LogP contribution in [-0.2, 0) is 24.2 Å². The van der Waals surface area contributed by atoms with Crippen LogP contribution in [0.2, 0.25) is 0 Å². The van der Waals surface area contributed by atoms with Gasteiger partial charge in [-0.2, -0.15) is 4.98 Å². The van der Waals surface area contributed by atoms with E-state index >= 15 is 0 Å². The third kappa shape index (κ3) is 5.06. The minimum absolute atomic E-state index is 0.0637. The maximum absolute atomic E-state index is 14.5. The summed E-state index contributed by atoms with van der Waals surface area (Å²) in [6.07, 6.45) is 4.47. The number of aryl methyl sites for hydroxylation is 2. The van der Waals surface area contributed by atoms with Crippen LogP contribution in [0.1, 0.15) is 37.4 Å². The van der Waals surface area contributed by atoms with Crippen LogP contribution in [0.3, 0.4) is 0 Å². The number of benzene rings is 2. The summed E-state index contributed by atoms with van der Waals surface area (Å²) in [5.41, 5.74) is 1.59. The summed E-state index contributed by atoms with van der Waals surface area (Å²) >= 11 is 0. The molecule has 0 unspecified atom stereocenters. The molecule has 2 aromatic carbocycles. The summed E-state index contributed by atoms with van der Waals surface area (Å²) in [6, 6.07) is 11.9. The van der Waals surface area contributed by atoms with E-state index in [1.807, 2.05) is 12.1 Å². The number of aromatic nitrogens is 5. The first-order valence-electron chi connectivity index (χ1n) is 11.6. The fourth-order valence-electron chi connectivity index (χ4n) is 4.11. The zero-order valence-corrected chi connectivity index (χ0v) is 19.3. The van der Waals surface area contributed by atoms with Gasteiger partial charge in [-0.05, 0) is 55.3 Å². The largest absolute Gasteiger partial charge is 0.497 e. The van der Waals surface area contributed by atoms with Gasteiger partial charge in [0.05, 0.1) is 12.8 Å². The average Bonchev–Trinajstić information content (AvgIpc) is 3.45. The Morgan fingerprint density at radius 2 is 1.94 bits per heavy atom. The number of anilines is 1. The van der Waals surface area contributed by atoms with E-state index in [2.05, 4.69) is 30.2 Å². The number of carbonyl (C=O) groups excluding carboxylic acids is 1. The highest BCUT2D eigenvalue weighted by Crippen LogP contribution is 2.27. The van der Waals surface area contributed by atoms with E-state index in [4.69, 9.17) is 9.26 Å². The zero-order valence-electron chi connectivity index (χ0n) is 19.3. The Balaban J connectivity index is 1.24. The molecule has 0 spiro atoms. The van der Waals surface area contributed by atoms with Gasteiger partial charge in [0.15, 0.2) is 5.82 Å². The molecule has 0 saturated carbocycles. The fraction of sp³-hybridized carbons (Fsp3) is 0.320. The van der Waals surface area contributed by atoms with Gasteiger partial charge < -0.3 is 19.1 Å². The molecule has 0 bridgehead atoms. The van der Waals surface area contributed by atoms with Crippen LogP contribution in [0, 0.1) is 5.82 Å². The van der Waals surface area contributed by atoms with E-state index in [1.165, 1.54) is 6.07 Å². The number of fused-ring (bicyclic) bond motifs is 1. The summed E-state index contributed by atoms with van der Waals surface area (Å²) in [7, 11) is 1.59. The van der Waals surface area contributed by atoms with Crippen molar-refractivity contribution in [1.82, 2.24) is 24.9 Å². The molecule has 0 fully saturated rings. The number of amides is 1. The summed E-state index contributed by atoms with van der Waals surface area (Å²) in [5.74, 6) is 2.24. The highest BCUT2D eigenvalue weighted by molar-refractivity contribution is 5.91. The van der Waals surface area contributed by atoms with Crippen molar-refractivity contribution in [3.05, 3.63) is 60.0 Å². The molecule has 1 amide bonds. The van der Waals surface area contributed by atoms with E-state index in [1.54, 1.807) is 31.4 Å². The number of rotatable bonds is 7. The number of hydrogen-bond acceptors (Lipinski definition) is 7. The van der Waals surface area contributed by atoms with E-state index in [0.29, 0.717) is 23.1 Å². The Labute approximate surface area is 201 Å². The number of carbonyl (C=O) groups is 1. The quantitative estimate of drug-likeness (QED) is 0.420. The standard InChI is InChI=1S/C25H25FN6O3/c1-34-18-9-6-16(7-10-18)24-28-23(35-31-24)13-12-22(33)27-20-15-17(8-11-19(20)26)25-30-29-21-5-3-2-4-14-32(21)25/h6-11,15H,2-5,12-14H2,1H3,(H,27,33). The maximum atomic E-state index is 14.5. The van der Waals surface area contributed by atoms with Gasteiger partial charge in [-0.1, -0.05) is 11.6 Å². The van der Waals surface area contributed by atoms with E-state index in [0.717, 1.165) is 49.4 Å². The smallest absolute Gasteiger partial charge is 0.227 e. The van der Waals surface area contributed by atoms with Crippen molar-refractivity contribution in [2.75, 3.05) is 12.4 Å². The number of methoxy groups -OCH3 is 1. The maximum Gasteiger partial charge on any atom is 0.227 e. The van der Waals surface area contributed by atoms with Gasteiger partial charge in [0, 0.05) is 36.9 Å². The van der Waals surface area contributed by atoms with Gasteiger partial charge in [0.1, 0.15) is 17.4 Å². The highest BCUT2D eigenvalue weighted by atomic mass is 19.1. The van der Waals surface area contributed by atoms with Crippen molar-refractivity contribution in [2.24, 2.45) is 0 Å². The SMILES string of the molecule is COc1ccc(-c2noc(CCC(=O)Nc3cc(-c4nnc5n4CCCCC5)ccc3F)n2)cc1. The summed E-state index contributed by atoms with van der Waals surface area (Å²) in [6.45, 7) is 0.833. The molecule has 1 N–H and O–H groups in total. The number of nitrogens with one attached hydrogen (secondary N) is 1. The number of hydrogen-bond donors (Lipinski definition) is 1. The molecule has 10 heteroatoms. The van der Waals surface area contributed by atoms with Crippen molar-refractivity contribution in [1.29, 1.82) is 0 Å². The minimum atomic E-state index is -0.516. The molecule has 0 atom stereocenters. The Kier molecular flexibility index (Phi) is 6.51. The topological polar surface area (TPSA) is 108 Å². The number of halogens is 1. The molecule has 5 rings (SSSR count). The molecular weight excluding hydrogens is 451 g/mol. The highest BCUT2D eigenvalue weighted by Gasteiger charge is 2.18. The van der Waals surface area contributed by atoms with Crippen LogP contribution >= 0.6 is 0 Å². The molecular formula is C25H25FN6O3.